The van der Waals surface area contributed by atoms with E-state index in [0.717, 1.165) is 4.06 Å². The van der Waals surface area contributed by atoms with Crippen LogP contribution in [-0.4, -0.2) is 34.0 Å². The average Bonchev–Trinajstić information content (AvgIpc) is 3.12. The second-order valence-corrected chi connectivity index (χ2v) is 21.7. The molecule has 1 aromatic rings. The second-order valence-electron chi connectivity index (χ2n) is 7.71. The van der Waals surface area contributed by atoms with Crippen molar-refractivity contribution >= 4 is 24.2 Å². The summed E-state index contributed by atoms with van der Waals surface area (Å²) >= 11 is -2.20. The molecule has 2 rings (SSSR count). The van der Waals surface area contributed by atoms with Crippen molar-refractivity contribution in [3.8, 4) is 0 Å². The van der Waals surface area contributed by atoms with E-state index in [0.29, 0.717) is 0 Å². The summed E-state index contributed by atoms with van der Waals surface area (Å²) in [7, 11) is 0. The van der Waals surface area contributed by atoms with Gasteiger partial charge in [-0.3, -0.25) is 0 Å². The maximum absolute atomic E-state index is 4.72. The van der Waals surface area contributed by atoms with Gasteiger partial charge in [0.25, 0.3) is 0 Å². The van der Waals surface area contributed by atoms with E-state index >= 15 is 0 Å². The quantitative estimate of drug-likeness (QED) is 0.371. The Bertz CT molecular complexity index is 427. The predicted molar refractivity (Wildman–Crippen MR) is 110 cm³/mol. The van der Waals surface area contributed by atoms with Crippen molar-refractivity contribution in [3.63, 3.8) is 0 Å². The fraction of sp³-hybridized carbons (Fsp3) is 0.762. The molecule has 1 atom stereocenters. The van der Waals surface area contributed by atoms with Crippen LogP contribution in [0.3, 0.4) is 0 Å². The molecule has 0 radical (unpaired) electrons. The number of pyridine rings is 1. The first kappa shape index (κ1) is 20.1. The molecule has 3 heteroatoms. The summed E-state index contributed by atoms with van der Waals surface area (Å²) < 4.78 is 5.73. The number of nitrogens with zero attached hydrogens (tertiary/aromatic N) is 2. The van der Waals surface area contributed by atoms with E-state index < -0.39 is 18.4 Å². The first-order valence-corrected chi connectivity index (χ1v) is 18.1. The van der Waals surface area contributed by atoms with Crippen molar-refractivity contribution in [1.29, 1.82) is 0 Å². The van der Waals surface area contributed by atoms with Gasteiger partial charge in [0.2, 0.25) is 0 Å². The van der Waals surface area contributed by atoms with Crippen LogP contribution in [0.5, 0.6) is 0 Å². The molecule has 0 saturated carbocycles. The number of aromatic nitrogens is 1. The van der Waals surface area contributed by atoms with Gasteiger partial charge in [-0.2, -0.15) is 0 Å². The molecule has 2 nitrogen and oxygen atoms in total. The van der Waals surface area contributed by atoms with E-state index in [1.165, 1.54) is 63.7 Å². The van der Waals surface area contributed by atoms with E-state index in [-0.39, 0.29) is 0 Å². The molecule has 0 spiro atoms. The molecule has 2 heterocycles. The zero-order valence-electron chi connectivity index (χ0n) is 16.3. The third-order valence-corrected chi connectivity index (χ3v) is 23.3. The molecule has 1 saturated heterocycles. The van der Waals surface area contributed by atoms with Gasteiger partial charge in [0.05, 0.1) is 0 Å². The molecular formula is C21H38N2Sn. The fourth-order valence-corrected chi connectivity index (χ4v) is 23.7. The van der Waals surface area contributed by atoms with Crippen molar-refractivity contribution in [2.75, 3.05) is 11.4 Å². The summed E-state index contributed by atoms with van der Waals surface area (Å²) in [6.45, 7) is 8.37. The van der Waals surface area contributed by atoms with E-state index in [9.17, 15) is 0 Å². The number of hydrogen-bond acceptors (Lipinski definition) is 2. The van der Waals surface area contributed by atoms with Gasteiger partial charge in [-0.25, -0.2) is 0 Å². The maximum atomic E-state index is 4.72. The molecule has 1 aliphatic heterocycles. The Kier molecular flexibility index (Phi) is 8.93. The van der Waals surface area contributed by atoms with Crippen molar-refractivity contribution in [2.45, 2.75) is 89.5 Å². The van der Waals surface area contributed by atoms with Crippen LogP contribution in [0.1, 0.15) is 72.1 Å². The van der Waals surface area contributed by atoms with Gasteiger partial charge in [-0.1, -0.05) is 0 Å². The summed E-state index contributed by atoms with van der Waals surface area (Å²) in [5.41, 5.74) is 0. The first-order valence-electron chi connectivity index (χ1n) is 10.4. The van der Waals surface area contributed by atoms with Crippen LogP contribution in [0.15, 0.2) is 24.4 Å². The third kappa shape index (κ3) is 5.12. The summed E-state index contributed by atoms with van der Waals surface area (Å²) in [6, 6.07) is 6.46. The minimum absolute atomic E-state index is 0.902. The summed E-state index contributed by atoms with van der Waals surface area (Å²) in [6.07, 6.45) is 13.3. The van der Waals surface area contributed by atoms with E-state index in [1.54, 1.807) is 13.3 Å². The number of unbranched alkanes of at least 4 members (excludes halogenated alkanes) is 3. The molecule has 1 aromatic heterocycles. The topological polar surface area (TPSA) is 16.1 Å². The molecule has 24 heavy (non-hydrogen) atoms. The van der Waals surface area contributed by atoms with Gasteiger partial charge >= 0.3 is 155 Å². The molecule has 0 bridgehead atoms. The molecular weight excluding hydrogens is 399 g/mol. The van der Waals surface area contributed by atoms with Gasteiger partial charge in [-0.15, -0.1) is 0 Å². The van der Waals surface area contributed by atoms with Crippen LogP contribution < -0.4 is 4.90 Å². The number of anilines is 1. The Morgan fingerprint density at radius 1 is 1.00 bits per heavy atom. The molecule has 0 N–H and O–H groups in total. The number of rotatable bonds is 11. The van der Waals surface area contributed by atoms with Gasteiger partial charge in [0.15, 0.2) is 0 Å². The van der Waals surface area contributed by atoms with E-state index in [2.05, 4.69) is 43.9 Å². The first-order chi connectivity index (χ1) is 11.8. The van der Waals surface area contributed by atoms with Gasteiger partial charge in [-0.05, 0) is 0 Å². The molecule has 0 aromatic carbocycles. The summed E-state index contributed by atoms with van der Waals surface area (Å²) in [5, 5.41) is 0. The number of hydrogen-bond donors (Lipinski definition) is 0. The van der Waals surface area contributed by atoms with Crippen LogP contribution in [0.2, 0.25) is 13.3 Å². The SMILES string of the molecule is CCC[CH2][Sn]([CH2]CCC)([CH2]CCC)[CH]1CCCN1c1ccccn1. The van der Waals surface area contributed by atoms with Crippen LogP contribution in [0, 0.1) is 0 Å². The predicted octanol–water partition coefficient (Wildman–Crippen LogP) is 6.44. The minimum atomic E-state index is -2.20. The summed E-state index contributed by atoms with van der Waals surface area (Å²) in [5.74, 6) is 1.26. The monoisotopic (exact) mass is 438 g/mol. The molecule has 136 valence electrons. The Morgan fingerprint density at radius 3 is 2.12 bits per heavy atom. The van der Waals surface area contributed by atoms with Crippen LogP contribution in [-0.2, 0) is 0 Å². The van der Waals surface area contributed by atoms with Crippen molar-refractivity contribution < 1.29 is 0 Å². The Balaban J connectivity index is 2.27. The van der Waals surface area contributed by atoms with Crippen molar-refractivity contribution in [1.82, 2.24) is 4.98 Å². The van der Waals surface area contributed by atoms with Gasteiger partial charge < -0.3 is 0 Å². The Hall–Kier alpha value is -0.251. The van der Waals surface area contributed by atoms with Gasteiger partial charge in [0, 0.05) is 0 Å². The molecule has 1 fully saturated rings. The molecule has 0 aliphatic carbocycles. The standard InChI is InChI=1S/C9H11N2.3C4H9.Sn/c1-2-6-10-9(5-1)11-7-3-4-8-11;3*1-3-4-2;/h1-2,5-7H,3-4,8H2;3*1,3-4H2,2H3;. The van der Waals surface area contributed by atoms with Crippen LogP contribution in [0.25, 0.3) is 0 Å². The van der Waals surface area contributed by atoms with Crippen LogP contribution in [0.4, 0.5) is 5.82 Å². The zero-order chi connectivity index (χ0) is 17.3. The summed E-state index contributed by atoms with van der Waals surface area (Å²) in [4.78, 5) is 7.47. The van der Waals surface area contributed by atoms with Gasteiger partial charge in [0.1, 0.15) is 0 Å². The van der Waals surface area contributed by atoms with Crippen LogP contribution >= 0.6 is 0 Å². The van der Waals surface area contributed by atoms with Crippen molar-refractivity contribution in [2.24, 2.45) is 0 Å². The normalized spacial score (nSPS) is 18.3. The third-order valence-electron chi connectivity index (χ3n) is 5.99. The zero-order valence-corrected chi connectivity index (χ0v) is 19.1. The molecule has 0 amide bonds. The average molecular weight is 437 g/mol. The Morgan fingerprint density at radius 2 is 1.62 bits per heavy atom. The van der Waals surface area contributed by atoms with Crippen molar-refractivity contribution in [3.05, 3.63) is 24.4 Å². The molecule has 1 unspecified atom stereocenters. The van der Waals surface area contributed by atoms with E-state index in [1.807, 2.05) is 6.20 Å². The molecule has 1 aliphatic rings. The van der Waals surface area contributed by atoms with E-state index in [4.69, 9.17) is 4.98 Å². The second kappa shape index (κ2) is 10.7. The fourth-order valence-electron chi connectivity index (χ4n) is 4.66. The Labute approximate surface area is 154 Å².